The molecule has 0 bridgehead atoms. The van der Waals surface area contributed by atoms with Crippen LogP contribution in [0.4, 0.5) is 5.69 Å². The van der Waals surface area contributed by atoms with Gasteiger partial charge in [0, 0.05) is 18.3 Å². The van der Waals surface area contributed by atoms with Crippen molar-refractivity contribution in [1.29, 1.82) is 0 Å². The second kappa shape index (κ2) is 5.46. The van der Waals surface area contributed by atoms with Crippen LogP contribution in [0.15, 0.2) is 42.6 Å². The number of fused-ring (bicyclic) bond motifs is 1. The lowest BCUT2D eigenvalue weighted by Gasteiger charge is -2.07. The zero-order chi connectivity index (χ0) is 14.8. The number of nitrogens with two attached hydrogens (primary N) is 1. The maximum Gasteiger partial charge on any atom is 0.145 e. The van der Waals surface area contributed by atoms with E-state index >= 15 is 0 Å². The number of nitrogens with one attached hydrogen (secondary N) is 1. The van der Waals surface area contributed by atoms with Crippen molar-refractivity contribution in [1.82, 2.24) is 14.7 Å². The monoisotopic (exact) mass is 282 g/mol. The molecule has 0 fully saturated rings. The molecule has 0 amide bonds. The van der Waals surface area contributed by atoms with E-state index in [4.69, 9.17) is 15.5 Å². The number of hydrogen-bond donors (Lipinski definition) is 2. The molecule has 21 heavy (non-hydrogen) atoms. The predicted molar refractivity (Wildman–Crippen MR) is 84.4 cm³/mol. The smallest absolute Gasteiger partial charge is 0.145 e. The molecule has 108 valence electrons. The van der Waals surface area contributed by atoms with E-state index in [-0.39, 0.29) is 0 Å². The maximum absolute atomic E-state index is 5.88. The maximum atomic E-state index is 5.88. The second-order valence-corrected chi connectivity index (χ2v) is 4.83. The molecule has 5 nitrogen and oxygen atoms in total. The Hall–Kier alpha value is -2.53. The largest absolute Gasteiger partial charge is 0.495 e. The van der Waals surface area contributed by atoms with Crippen LogP contribution >= 0.6 is 0 Å². The van der Waals surface area contributed by atoms with Gasteiger partial charge in [-0.25, -0.2) is 4.98 Å². The molecule has 0 unspecified atom stereocenters. The van der Waals surface area contributed by atoms with E-state index in [0.29, 0.717) is 11.4 Å². The van der Waals surface area contributed by atoms with Crippen LogP contribution < -0.4 is 15.8 Å². The first-order chi connectivity index (χ1) is 10.2. The third kappa shape index (κ3) is 2.32. The summed E-state index contributed by atoms with van der Waals surface area (Å²) in [5.41, 5.74) is 9.59. The van der Waals surface area contributed by atoms with Crippen LogP contribution in [-0.2, 0) is 6.54 Å². The van der Waals surface area contributed by atoms with Crippen molar-refractivity contribution in [3.8, 4) is 17.1 Å². The molecule has 0 atom stereocenters. The van der Waals surface area contributed by atoms with Gasteiger partial charge in [-0.3, -0.25) is 4.40 Å². The van der Waals surface area contributed by atoms with Crippen molar-refractivity contribution in [2.75, 3.05) is 19.9 Å². The van der Waals surface area contributed by atoms with Gasteiger partial charge in [-0.15, -0.1) is 0 Å². The van der Waals surface area contributed by atoms with E-state index in [0.717, 1.165) is 29.1 Å². The van der Waals surface area contributed by atoms with Gasteiger partial charge in [0.25, 0.3) is 0 Å². The molecule has 3 rings (SSSR count). The quantitative estimate of drug-likeness (QED) is 0.721. The number of nitrogens with zero attached hydrogens (tertiary/aromatic N) is 2. The molecule has 2 heterocycles. The third-order valence-electron chi connectivity index (χ3n) is 3.46. The summed E-state index contributed by atoms with van der Waals surface area (Å²) in [4.78, 5) is 4.76. The van der Waals surface area contributed by atoms with Gasteiger partial charge in [0.2, 0.25) is 0 Å². The summed E-state index contributed by atoms with van der Waals surface area (Å²) in [5, 5.41) is 3.15. The van der Waals surface area contributed by atoms with Crippen molar-refractivity contribution < 1.29 is 4.74 Å². The van der Waals surface area contributed by atoms with Gasteiger partial charge in [-0.2, -0.15) is 0 Å². The van der Waals surface area contributed by atoms with Crippen LogP contribution in [0.25, 0.3) is 16.9 Å². The molecule has 2 aromatic heterocycles. The van der Waals surface area contributed by atoms with Crippen LogP contribution in [0.1, 0.15) is 5.69 Å². The van der Waals surface area contributed by atoms with E-state index in [1.165, 1.54) is 0 Å². The minimum absolute atomic E-state index is 0.623. The number of aromatic nitrogens is 2. The average molecular weight is 282 g/mol. The lowest BCUT2D eigenvalue weighted by atomic mass is 10.2. The molecular weight excluding hydrogens is 264 g/mol. The number of pyridine rings is 1. The number of nitrogen functional groups attached to an aromatic ring is 1. The molecule has 0 radical (unpaired) electrons. The summed E-state index contributed by atoms with van der Waals surface area (Å²) < 4.78 is 7.38. The van der Waals surface area contributed by atoms with Crippen molar-refractivity contribution in [2.45, 2.75) is 6.54 Å². The van der Waals surface area contributed by atoms with Gasteiger partial charge in [0.05, 0.1) is 24.0 Å². The average Bonchev–Trinajstić information content (AvgIpc) is 2.87. The number of hydrogen-bond acceptors (Lipinski definition) is 4. The zero-order valence-electron chi connectivity index (χ0n) is 12.1. The van der Waals surface area contributed by atoms with Crippen molar-refractivity contribution in [3.63, 3.8) is 0 Å². The Bertz CT molecular complexity index is 779. The lowest BCUT2D eigenvalue weighted by molar-refractivity contribution is 0.417. The summed E-state index contributed by atoms with van der Waals surface area (Å²) in [7, 11) is 3.53. The Kier molecular flexibility index (Phi) is 3.50. The molecule has 3 aromatic rings. The molecular formula is C16H18N4O. The van der Waals surface area contributed by atoms with Crippen molar-refractivity contribution in [2.24, 2.45) is 0 Å². The van der Waals surface area contributed by atoms with E-state index in [1.54, 1.807) is 7.11 Å². The Morgan fingerprint density at radius 2 is 2.14 bits per heavy atom. The fourth-order valence-corrected chi connectivity index (χ4v) is 2.45. The fourth-order valence-electron chi connectivity index (χ4n) is 2.45. The Labute approximate surface area is 123 Å². The highest BCUT2D eigenvalue weighted by Gasteiger charge is 2.13. The molecule has 0 aliphatic carbocycles. The van der Waals surface area contributed by atoms with E-state index in [9.17, 15) is 0 Å². The summed E-state index contributed by atoms with van der Waals surface area (Å²) >= 11 is 0. The van der Waals surface area contributed by atoms with Gasteiger partial charge >= 0.3 is 0 Å². The first kappa shape index (κ1) is 13.5. The number of benzene rings is 1. The van der Waals surface area contributed by atoms with Crippen LogP contribution in [0, 0.1) is 0 Å². The highest BCUT2D eigenvalue weighted by atomic mass is 16.5. The SMILES string of the molecule is CNCc1nc(-c2ccc(N)c(OC)c2)n2ccccc12. The van der Waals surface area contributed by atoms with E-state index in [2.05, 4.69) is 15.8 Å². The molecule has 1 aromatic carbocycles. The summed E-state index contributed by atoms with van der Waals surface area (Å²) in [6.07, 6.45) is 2.01. The van der Waals surface area contributed by atoms with Crippen molar-refractivity contribution in [3.05, 3.63) is 48.3 Å². The molecule has 0 spiro atoms. The third-order valence-corrected chi connectivity index (χ3v) is 3.46. The molecule has 0 saturated carbocycles. The van der Waals surface area contributed by atoms with Gasteiger partial charge in [-0.05, 0) is 37.4 Å². The van der Waals surface area contributed by atoms with Crippen LogP contribution in [0.3, 0.4) is 0 Å². The second-order valence-electron chi connectivity index (χ2n) is 4.83. The fraction of sp³-hybridized carbons (Fsp3) is 0.188. The van der Waals surface area contributed by atoms with Gasteiger partial charge in [0.1, 0.15) is 11.6 Å². The molecule has 5 heteroatoms. The Morgan fingerprint density at radius 1 is 1.29 bits per heavy atom. The Morgan fingerprint density at radius 3 is 2.90 bits per heavy atom. The first-order valence-electron chi connectivity index (χ1n) is 6.79. The van der Waals surface area contributed by atoms with Crippen molar-refractivity contribution >= 4 is 11.2 Å². The predicted octanol–water partition coefficient (Wildman–Crippen LogP) is 2.31. The standard InChI is InChI=1S/C16H18N4O/c1-18-10-13-14-5-3-4-8-20(14)16(19-13)11-6-7-12(17)15(9-11)21-2/h3-9,18H,10,17H2,1-2H3. The van der Waals surface area contributed by atoms with Gasteiger partial charge in [-0.1, -0.05) is 6.07 Å². The van der Waals surface area contributed by atoms with Crippen LogP contribution in [-0.4, -0.2) is 23.5 Å². The highest BCUT2D eigenvalue weighted by molar-refractivity contribution is 5.70. The van der Waals surface area contributed by atoms with Gasteiger partial charge in [0.15, 0.2) is 0 Å². The number of rotatable bonds is 4. The van der Waals surface area contributed by atoms with E-state index in [1.807, 2.05) is 43.6 Å². The molecule has 3 N–H and O–H groups in total. The molecule has 0 aliphatic rings. The molecule has 0 aliphatic heterocycles. The summed E-state index contributed by atoms with van der Waals surface area (Å²) in [5.74, 6) is 1.55. The number of imidazole rings is 1. The first-order valence-corrected chi connectivity index (χ1v) is 6.79. The number of methoxy groups -OCH3 is 1. The van der Waals surface area contributed by atoms with Crippen LogP contribution in [0.5, 0.6) is 5.75 Å². The topological polar surface area (TPSA) is 64.6 Å². The zero-order valence-corrected chi connectivity index (χ0v) is 12.1. The minimum atomic E-state index is 0.623. The van der Waals surface area contributed by atoms with E-state index < -0.39 is 0 Å². The molecule has 0 saturated heterocycles. The normalized spacial score (nSPS) is 11.0. The summed E-state index contributed by atoms with van der Waals surface area (Å²) in [6.45, 7) is 0.722. The number of ether oxygens (including phenoxy) is 1. The number of anilines is 1. The minimum Gasteiger partial charge on any atom is -0.495 e. The summed E-state index contributed by atoms with van der Waals surface area (Å²) in [6, 6.07) is 11.8. The lowest BCUT2D eigenvalue weighted by Crippen LogP contribution is -2.05. The Balaban J connectivity index is 2.20. The highest BCUT2D eigenvalue weighted by Crippen LogP contribution is 2.29. The van der Waals surface area contributed by atoms with Crippen LogP contribution in [0.2, 0.25) is 0 Å². The van der Waals surface area contributed by atoms with Gasteiger partial charge < -0.3 is 15.8 Å².